The maximum Gasteiger partial charge on any atom is 0.109 e. The zero-order valence-electron chi connectivity index (χ0n) is 8.86. The van der Waals surface area contributed by atoms with Gasteiger partial charge in [-0.1, -0.05) is 42.0 Å². The lowest BCUT2D eigenvalue weighted by Gasteiger charge is -2.03. The van der Waals surface area contributed by atoms with Crippen molar-refractivity contribution < 1.29 is 9.78 Å². The molecule has 1 aromatic carbocycles. The van der Waals surface area contributed by atoms with E-state index in [0.29, 0.717) is 0 Å². The van der Waals surface area contributed by atoms with Gasteiger partial charge >= 0.3 is 0 Å². The lowest BCUT2D eigenvalue weighted by Crippen LogP contribution is -2.02. The molecule has 0 aliphatic rings. The average Bonchev–Trinajstić information content (AvgIpc) is 2.17. The molecule has 0 saturated carbocycles. The van der Waals surface area contributed by atoms with E-state index in [4.69, 9.17) is 4.89 Å². The Kier molecular flexibility index (Phi) is 4.36. The smallest absolute Gasteiger partial charge is 0.109 e. The molecule has 76 valence electrons. The first-order valence-corrected chi connectivity index (χ1v) is 4.66. The maximum absolute atomic E-state index is 4.90. The zero-order valence-corrected chi connectivity index (χ0v) is 8.86. The van der Waals surface area contributed by atoms with Crippen molar-refractivity contribution in [2.45, 2.75) is 20.0 Å². The third-order valence-corrected chi connectivity index (χ3v) is 1.89. The number of aryl methyl sites for hydroxylation is 1. The van der Waals surface area contributed by atoms with Crippen LogP contribution in [0.4, 0.5) is 0 Å². The van der Waals surface area contributed by atoms with Gasteiger partial charge in [0.05, 0.1) is 7.11 Å². The van der Waals surface area contributed by atoms with Crippen molar-refractivity contribution in [3.05, 3.63) is 41.5 Å². The summed E-state index contributed by atoms with van der Waals surface area (Å²) in [5.41, 5.74) is 2.44. The van der Waals surface area contributed by atoms with Gasteiger partial charge in [-0.25, -0.2) is 9.78 Å². The third kappa shape index (κ3) is 3.73. The predicted molar refractivity (Wildman–Crippen MR) is 57.8 cm³/mol. The molecule has 0 spiro atoms. The van der Waals surface area contributed by atoms with Crippen LogP contribution in [0.5, 0.6) is 0 Å². The van der Waals surface area contributed by atoms with Gasteiger partial charge < -0.3 is 0 Å². The molecule has 0 aliphatic carbocycles. The molecule has 2 heteroatoms. The molecule has 0 fully saturated rings. The van der Waals surface area contributed by atoms with Crippen molar-refractivity contribution in [1.82, 2.24) is 0 Å². The van der Waals surface area contributed by atoms with Gasteiger partial charge in [0.2, 0.25) is 0 Å². The van der Waals surface area contributed by atoms with Gasteiger partial charge in [0, 0.05) is 0 Å². The van der Waals surface area contributed by atoms with Crippen molar-refractivity contribution >= 4 is 6.08 Å². The van der Waals surface area contributed by atoms with Crippen LogP contribution >= 0.6 is 0 Å². The van der Waals surface area contributed by atoms with Crippen LogP contribution in [0.15, 0.2) is 30.3 Å². The van der Waals surface area contributed by atoms with Gasteiger partial charge in [0.15, 0.2) is 0 Å². The summed E-state index contributed by atoms with van der Waals surface area (Å²) in [7, 11) is 1.51. The van der Waals surface area contributed by atoms with Gasteiger partial charge in [0.25, 0.3) is 0 Å². The molecular weight excluding hydrogens is 176 g/mol. The molecule has 0 aliphatic heterocycles. The van der Waals surface area contributed by atoms with Crippen LogP contribution < -0.4 is 0 Å². The van der Waals surface area contributed by atoms with Gasteiger partial charge in [0.1, 0.15) is 6.10 Å². The number of rotatable bonds is 4. The normalized spacial score (nSPS) is 13.4. The Labute approximate surface area is 85.1 Å². The average molecular weight is 192 g/mol. The molecule has 0 amide bonds. The Morgan fingerprint density at radius 3 is 2.43 bits per heavy atom. The van der Waals surface area contributed by atoms with E-state index in [2.05, 4.69) is 36.1 Å². The fourth-order valence-electron chi connectivity index (χ4n) is 1.11. The maximum atomic E-state index is 4.90. The summed E-state index contributed by atoms with van der Waals surface area (Å²) < 4.78 is 0. The van der Waals surface area contributed by atoms with Crippen LogP contribution in [-0.2, 0) is 9.78 Å². The third-order valence-electron chi connectivity index (χ3n) is 1.89. The van der Waals surface area contributed by atoms with E-state index >= 15 is 0 Å². The molecule has 0 radical (unpaired) electrons. The van der Waals surface area contributed by atoms with Crippen LogP contribution in [-0.4, -0.2) is 13.2 Å². The van der Waals surface area contributed by atoms with Gasteiger partial charge in [-0.3, -0.25) is 0 Å². The van der Waals surface area contributed by atoms with Gasteiger partial charge in [-0.2, -0.15) is 0 Å². The Hall–Kier alpha value is -1.12. The van der Waals surface area contributed by atoms with Crippen molar-refractivity contribution in [3.63, 3.8) is 0 Å². The fourth-order valence-corrected chi connectivity index (χ4v) is 1.11. The molecule has 2 nitrogen and oxygen atoms in total. The second-order valence-corrected chi connectivity index (χ2v) is 3.24. The van der Waals surface area contributed by atoms with Crippen molar-refractivity contribution in [1.29, 1.82) is 0 Å². The van der Waals surface area contributed by atoms with Crippen molar-refractivity contribution in [3.8, 4) is 0 Å². The van der Waals surface area contributed by atoms with E-state index in [9.17, 15) is 0 Å². The molecule has 0 N–H and O–H groups in total. The first kappa shape index (κ1) is 11.0. The lowest BCUT2D eigenvalue weighted by atomic mass is 10.1. The minimum atomic E-state index is -0.0266. The summed E-state index contributed by atoms with van der Waals surface area (Å²) in [6.07, 6.45) is 3.94. The highest BCUT2D eigenvalue weighted by Crippen LogP contribution is 2.06. The Bertz CT molecular complexity index is 288. The van der Waals surface area contributed by atoms with Crippen LogP contribution in [0.1, 0.15) is 18.1 Å². The molecule has 0 aromatic heterocycles. The van der Waals surface area contributed by atoms with E-state index in [0.717, 1.165) is 0 Å². The Balaban J connectivity index is 2.55. The molecule has 1 rings (SSSR count). The Morgan fingerprint density at radius 2 is 1.86 bits per heavy atom. The topological polar surface area (TPSA) is 18.5 Å². The van der Waals surface area contributed by atoms with E-state index in [1.807, 2.05) is 19.1 Å². The first-order valence-electron chi connectivity index (χ1n) is 4.66. The molecule has 14 heavy (non-hydrogen) atoms. The summed E-state index contributed by atoms with van der Waals surface area (Å²) in [4.78, 5) is 9.46. The fraction of sp³-hybridized carbons (Fsp3) is 0.333. The summed E-state index contributed by atoms with van der Waals surface area (Å²) in [6, 6.07) is 8.32. The number of benzene rings is 1. The second kappa shape index (κ2) is 5.58. The van der Waals surface area contributed by atoms with E-state index in [1.165, 1.54) is 18.2 Å². The highest BCUT2D eigenvalue weighted by atomic mass is 17.2. The summed E-state index contributed by atoms with van der Waals surface area (Å²) in [5.74, 6) is 0. The highest BCUT2D eigenvalue weighted by Gasteiger charge is 1.94. The standard InChI is InChI=1S/C12H16O2/c1-10-4-7-12(8-5-10)9-6-11(2)14-13-3/h4-9,11H,1-3H3/b9-6+. The Morgan fingerprint density at radius 1 is 1.21 bits per heavy atom. The molecule has 0 heterocycles. The molecule has 1 atom stereocenters. The summed E-state index contributed by atoms with van der Waals surface area (Å²) in [5, 5.41) is 0. The number of hydrogen-bond donors (Lipinski definition) is 0. The van der Waals surface area contributed by atoms with Crippen LogP contribution in [0.2, 0.25) is 0 Å². The molecule has 0 saturated heterocycles. The van der Waals surface area contributed by atoms with E-state index < -0.39 is 0 Å². The molecule has 1 unspecified atom stereocenters. The highest BCUT2D eigenvalue weighted by molar-refractivity contribution is 5.49. The summed E-state index contributed by atoms with van der Waals surface area (Å²) >= 11 is 0. The van der Waals surface area contributed by atoms with Crippen molar-refractivity contribution in [2.24, 2.45) is 0 Å². The second-order valence-electron chi connectivity index (χ2n) is 3.24. The van der Waals surface area contributed by atoms with Crippen LogP contribution in [0, 0.1) is 6.92 Å². The minimum absolute atomic E-state index is 0.0266. The number of hydrogen-bond acceptors (Lipinski definition) is 2. The largest absolute Gasteiger partial charge is 0.239 e. The SMILES string of the molecule is COOC(C)/C=C/c1ccc(C)cc1. The van der Waals surface area contributed by atoms with Gasteiger partial charge in [-0.15, -0.1) is 0 Å². The summed E-state index contributed by atoms with van der Waals surface area (Å²) in [6.45, 7) is 4.00. The van der Waals surface area contributed by atoms with Crippen molar-refractivity contribution in [2.75, 3.05) is 7.11 Å². The zero-order chi connectivity index (χ0) is 10.4. The minimum Gasteiger partial charge on any atom is -0.239 e. The monoisotopic (exact) mass is 192 g/mol. The molecule has 0 bridgehead atoms. The quantitative estimate of drug-likeness (QED) is 0.539. The van der Waals surface area contributed by atoms with Crippen LogP contribution in [0.25, 0.3) is 6.08 Å². The van der Waals surface area contributed by atoms with Crippen LogP contribution in [0.3, 0.4) is 0 Å². The lowest BCUT2D eigenvalue weighted by molar-refractivity contribution is -0.289. The van der Waals surface area contributed by atoms with E-state index in [1.54, 1.807) is 0 Å². The first-order chi connectivity index (χ1) is 6.72. The molecular formula is C12H16O2. The van der Waals surface area contributed by atoms with Gasteiger partial charge in [-0.05, 0) is 19.4 Å². The predicted octanol–water partition coefficient (Wildman–Crippen LogP) is 2.97. The molecule has 1 aromatic rings. The van der Waals surface area contributed by atoms with E-state index in [-0.39, 0.29) is 6.10 Å².